The molecule has 0 radical (unpaired) electrons. The fourth-order valence-electron chi connectivity index (χ4n) is 1.83. The van der Waals surface area contributed by atoms with Crippen molar-refractivity contribution in [1.29, 1.82) is 0 Å². The second-order valence-electron chi connectivity index (χ2n) is 4.04. The molecule has 0 saturated carbocycles. The lowest BCUT2D eigenvalue weighted by Crippen LogP contribution is -2.15. The Balaban J connectivity index is 2.10. The molecule has 1 N–H and O–H groups in total. The van der Waals surface area contributed by atoms with Gasteiger partial charge in [-0.05, 0) is 18.2 Å². The molecule has 2 aromatic carbocycles. The van der Waals surface area contributed by atoms with Crippen molar-refractivity contribution in [3.63, 3.8) is 0 Å². The van der Waals surface area contributed by atoms with Crippen molar-refractivity contribution in [2.45, 2.75) is 0 Å². The van der Waals surface area contributed by atoms with Gasteiger partial charge < -0.3 is 0 Å². The van der Waals surface area contributed by atoms with Crippen LogP contribution in [0.15, 0.2) is 59.4 Å². The van der Waals surface area contributed by atoms with E-state index in [1.54, 1.807) is 6.07 Å². The van der Waals surface area contributed by atoms with Crippen LogP contribution in [-0.4, -0.2) is 14.8 Å². The van der Waals surface area contributed by atoms with Gasteiger partial charge in [-0.25, -0.2) is 9.18 Å². The summed E-state index contributed by atoms with van der Waals surface area (Å²) in [7, 11) is 0. The molecule has 94 valence electrons. The molecule has 5 heteroatoms. The number of nitrogens with one attached hydrogen (secondary N) is 1. The highest BCUT2D eigenvalue weighted by Crippen LogP contribution is 2.13. The number of benzene rings is 2. The summed E-state index contributed by atoms with van der Waals surface area (Å²) in [5.74, 6) is 0.0449. The van der Waals surface area contributed by atoms with E-state index >= 15 is 0 Å². The molecule has 4 nitrogen and oxygen atoms in total. The number of halogens is 1. The zero-order chi connectivity index (χ0) is 13.2. The van der Waals surface area contributed by atoms with Crippen LogP contribution in [-0.2, 0) is 0 Å². The molecular weight excluding hydrogens is 245 g/mol. The molecule has 0 bridgehead atoms. The quantitative estimate of drug-likeness (QED) is 0.764. The van der Waals surface area contributed by atoms with Gasteiger partial charge in [0.25, 0.3) is 0 Å². The molecule has 3 rings (SSSR count). The minimum absolute atomic E-state index is 0.392. The van der Waals surface area contributed by atoms with Gasteiger partial charge in [-0.1, -0.05) is 36.4 Å². The van der Waals surface area contributed by atoms with E-state index in [9.17, 15) is 9.18 Å². The Morgan fingerprint density at radius 3 is 2.58 bits per heavy atom. The lowest BCUT2D eigenvalue weighted by atomic mass is 10.2. The van der Waals surface area contributed by atoms with E-state index in [0.29, 0.717) is 11.5 Å². The first-order chi connectivity index (χ1) is 9.24. The van der Waals surface area contributed by atoms with Crippen LogP contribution in [0.1, 0.15) is 0 Å². The zero-order valence-electron chi connectivity index (χ0n) is 9.88. The third-order valence-corrected chi connectivity index (χ3v) is 2.72. The predicted molar refractivity (Wildman–Crippen MR) is 69.6 cm³/mol. The van der Waals surface area contributed by atoms with Crippen LogP contribution >= 0.6 is 0 Å². The summed E-state index contributed by atoms with van der Waals surface area (Å²) in [6.07, 6.45) is 0. The molecule has 0 saturated heterocycles. The van der Waals surface area contributed by atoms with Crippen LogP contribution in [0, 0.1) is 5.82 Å². The van der Waals surface area contributed by atoms with Crippen molar-refractivity contribution in [3.8, 4) is 17.1 Å². The molecule has 3 aromatic rings. The Morgan fingerprint density at radius 1 is 1.05 bits per heavy atom. The van der Waals surface area contributed by atoms with E-state index in [1.807, 2.05) is 30.3 Å². The number of H-pyrrole nitrogens is 1. The van der Waals surface area contributed by atoms with Crippen molar-refractivity contribution in [1.82, 2.24) is 14.8 Å². The molecule has 0 fully saturated rings. The molecule has 1 aromatic heterocycles. The van der Waals surface area contributed by atoms with Crippen molar-refractivity contribution in [2.75, 3.05) is 0 Å². The van der Waals surface area contributed by atoms with Crippen LogP contribution in [0.3, 0.4) is 0 Å². The van der Waals surface area contributed by atoms with Gasteiger partial charge in [0.2, 0.25) is 0 Å². The second kappa shape index (κ2) is 4.53. The first kappa shape index (κ1) is 11.4. The monoisotopic (exact) mass is 255 g/mol. The van der Waals surface area contributed by atoms with Gasteiger partial charge in [-0.3, -0.25) is 4.98 Å². The molecular formula is C14H10FN3O. The summed E-state index contributed by atoms with van der Waals surface area (Å²) in [6, 6.07) is 15.0. The van der Waals surface area contributed by atoms with E-state index in [4.69, 9.17) is 0 Å². The highest BCUT2D eigenvalue weighted by Gasteiger charge is 2.08. The van der Waals surface area contributed by atoms with E-state index in [0.717, 1.165) is 10.2 Å². The van der Waals surface area contributed by atoms with Crippen LogP contribution in [0.5, 0.6) is 0 Å². The SMILES string of the molecule is O=c1[nH]c(-c2ccccc2)nn1-c1cccc(F)c1. The predicted octanol–water partition coefficient (Wildman–Crippen LogP) is 2.37. The number of hydrogen-bond donors (Lipinski definition) is 1. The van der Waals surface area contributed by atoms with Crippen LogP contribution < -0.4 is 5.69 Å². The first-order valence-corrected chi connectivity index (χ1v) is 5.75. The number of aromatic amines is 1. The molecule has 0 aliphatic carbocycles. The minimum Gasteiger partial charge on any atom is -0.288 e. The fourth-order valence-corrected chi connectivity index (χ4v) is 1.83. The van der Waals surface area contributed by atoms with Crippen molar-refractivity contribution in [3.05, 3.63) is 70.9 Å². The maximum absolute atomic E-state index is 13.2. The average molecular weight is 255 g/mol. The Hall–Kier alpha value is -2.69. The number of nitrogens with zero attached hydrogens (tertiary/aromatic N) is 2. The summed E-state index contributed by atoms with van der Waals surface area (Å²) < 4.78 is 14.3. The van der Waals surface area contributed by atoms with Gasteiger partial charge in [0, 0.05) is 5.56 Å². The van der Waals surface area contributed by atoms with E-state index < -0.39 is 11.5 Å². The number of aromatic nitrogens is 3. The second-order valence-corrected chi connectivity index (χ2v) is 4.04. The first-order valence-electron chi connectivity index (χ1n) is 5.75. The van der Waals surface area contributed by atoms with Gasteiger partial charge in [-0.2, -0.15) is 4.68 Å². The Kier molecular flexibility index (Phi) is 2.72. The molecule has 0 aliphatic heterocycles. The summed E-state index contributed by atoms with van der Waals surface area (Å²) >= 11 is 0. The van der Waals surface area contributed by atoms with E-state index in [2.05, 4.69) is 10.1 Å². The highest BCUT2D eigenvalue weighted by atomic mass is 19.1. The molecule has 0 aliphatic rings. The van der Waals surface area contributed by atoms with E-state index in [-0.39, 0.29) is 0 Å². The largest absolute Gasteiger partial charge is 0.348 e. The maximum Gasteiger partial charge on any atom is 0.348 e. The molecule has 0 atom stereocenters. The Bertz CT molecular complexity index is 762. The maximum atomic E-state index is 13.2. The smallest absolute Gasteiger partial charge is 0.288 e. The topological polar surface area (TPSA) is 50.7 Å². The highest BCUT2D eigenvalue weighted by molar-refractivity contribution is 5.54. The van der Waals surface area contributed by atoms with Crippen molar-refractivity contribution in [2.24, 2.45) is 0 Å². The standard InChI is InChI=1S/C14H10FN3O/c15-11-7-4-8-12(9-11)18-14(19)16-13(17-18)10-5-2-1-3-6-10/h1-9H,(H,16,17,19). The van der Waals surface area contributed by atoms with Gasteiger partial charge >= 0.3 is 5.69 Å². The van der Waals surface area contributed by atoms with Crippen LogP contribution in [0.2, 0.25) is 0 Å². The average Bonchev–Trinajstić information content (AvgIpc) is 2.82. The molecule has 19 heavy (non-hydrogen) atoms. The normalized spacial score (nSPS) is 10.6. The molecule has 0 amide bonds. The Labute approximate surface area is 108 Å². The molecule has 0 spiro atoms. The Morgan fingerprint density at radius 2 is 1.84 bits per heavy atom. The zero-order valence-corrected chi connectivity index (χ0v) is 9.88. The van der Waals surface area contributed by atoms with Gasteiger partial charge in [0.15, 0.2) is 5.82 Å². The lowest BCUT2D eigenvalue weighted by Gasteiger charge is -1.98. The molecule has 0 unspecified atom stereocenters. The number of hydrogen-bond acceptors (Lipinski definition) is 2. The van der Waals surface area contributed by atoms with Crippen LogP contribution in [0.4, 0.5) is 4.39 Å². The summed E-state index contributed by atoms with van der Waals surface area (Å²) in [6.45, 7) is 0. The van der Waals surface area contributed by atoms with Gasteiger partial charge in [0.05, 0.1) is 5.69 Å². The third kappa shape index (κ3) is 2.18. The summed E-state index contributed by atoms with van der Waals surface area (Å²) in [5.41, 5.74) is 0.794. The van der Waals surface area contributed by atoms with Gasteiger partial charge in [-0.15, -0.1) is 5.10 Å². The van der Waals surface area contributed by atoms with Crippen molar-refractivity contribution >= 4 is 0 Å². The fraction of sp³-hybridized carbons (Fsp3) is 0. The molecule has 1 heterocycles. The van der Waals surface area contributed by atoms with E-state index in [1.165, 1.54) is 18.2 Å². The minimum atomic E-state index is -0.409. The number of rotatable bonds is 2. The summed E-state index contributed by atoms with van der Waals surface area (Å²) in [5, 5.41) is 4.17. The third-order valence-electron chi connectivity index (χ3n) is 2.72. The van der Waals surface area contributed by atoms with Gasteiger partial charge in [0.1, 0.15) is 5.82 Å². The van der Waals surface area contributed by atoms with Crippen LogP contribution in [0.25, 0.3) is 17.1 Å². The lowest BCUT2D eigenvalue weighted by molar-refractivity contribution is 0.625. The van der Waals surface area contributed by atoms with Crippen molar-refractivity contribution < 1.29 is 4.39 Å². The summed E-state index contributed by atoms with van der Waals surface area (Å²) in [4.78, 5) is 14.5.